The summed E-state index contributed by atoms with van der Waals surface area (Å²) in [5.41, 5.74) is 2.37. The first-order chi connectivity index (χ1) is 14.2. The fraction of sp³-hybridized carbons (Fsp3) is 0.100. The van der Waals surface area contributed by atoms with Gasteiger partial charge in [-0.05, 0) is 30.3 Å². The number of nitrogens with one attached hydrogen (secondary N) is 1. The fourth-order valence-electron chi connectivity index (χ4n) is 3.22. The molecule has 2 aromatic carbocycles. The molecule has 0 fully saturated rings. The van der Waals surface area contributed by atoms with E-state index in [0.717, 1.165) is 26.8 Å². The number of hydrogen-bond acceptors (Lipinski definition) is 6. The number of thioether (sulfide) groups is 1. The highest BCUT2D eigenvalue weighted by Gasteiger charge is 2.22. The second-order valence-corrected chi connectivity index (χ2v) is 8.24. The van der Waals surface area contributed by atoms with E-state index >= 15 is 0 Å². The summed E-state index contributed by atoms with van der Waals surface area (Å²) in [5.74, 6) is 0.662. The molecule has 4 aromatic rings. The molecule has 9 heteroatoms. The van der Waals surface area contributed by atoms with Gasteiger partial charge in [0.15, 0.2) is 5.65 Å². The number of aromatic amines is 1. The highest BCUT2D eigenvalue weighted by molar-refractivity contribution is 7.99. The number of rotatable bonds is 4. The Bertz CT molecular complexity index is 1320. The smallest absolute Gasteiger partial charge is 0.181 e. The van der Waals surface area contributed by atoms with E-state index in [9.17, 15) is 0 Å². The van der Waals surface area contributed by atoms with Crippen LogP contribution in [0.2, 0.25) is 10.0 Å². The molecule has 3 heterocycles. The van der Waals surface area contributed by atoms with Crippen molar-refractivity contribution in [3.05, 3.63) is 75.7 Å². The van der Waals surface area contributed by atoms with E-state index in [1.807, 2.05) is 48.7 Å². The van der Waals surface area contributed by atoms with Crippen LogP contribution in [0.5, 0.6) is 0 Å². The molecule has 1 aliphatic rings. The van der Waals surface area contributed by atoms with Crippen molar-refractivity contribution >= 4 is 58.0 Å². The van der Waals surface area contributed by atoms with Gasteiger partial charge in [0.2, 0.25) is 0 Å². The number of anilines is 1. The van der Waals surface area contributed by atoms with Crippen LogP contribution in [-0.4, -0.2) is 31.9 Å². The van der Waals surface area contributed by atoms with E-state index in [-0.39, 0.29) is 6.17 Å². The Kier molecular flexibility index (Phi) is 4.87. The third kappa shape index (κ3) is 3.57. The molecule has 1 aliphatic heterocycles. The number of imidazole rings is 1. The van der Waals surface area contributed by atoms with Gasteiger partial charge >= 0.3 is 0 Å². The largest absolute Gasteiger partial charge is 0.341 e. The highest BCUT2D eigenvalue weighted by atomic mass is 35.5. The van der Waals surface area contributed by atoms with Crippen molar-refractivity contribution in [3.8, 4) is 0 Å². The van der Waals surface area contributed by atoms with E-state index in [2.05, 4.69) is 24.8 Å². The quantitative estimate of drug-likeness (QED) is 0.387. The zero-order chi connectivity index (χ0) is 19.8. The molecule has 0 saturated carbocycles. The second kappa shape index (κ2) is 7.67. The van der Waals surface area contributed by atoms with Crippen LogP contribution < -0.4 is 15.5 Å². The van der Waals surface area contributed by atoms with Crippen molar-refractivity contribution < 1.29 is 0 Å². The number of hydrogen-bond donors (Lipinski definition) is 1. The number of benzene rings is 2. The number of para-hydroxylation sites is 1. The van der Waals surface area contributed by atoms with E-state index in [0.29, 0.717) is 21.4 Å². The van der Waals surface area contributed by atoms with E-state index in [1.54, 1.807) is 18.1 Å². The lowest BCUT2D eigenvalue weighted by atomic mass is 10.2. The third-order valence-corrected chi connectivity index (χ3v) is 6.17. The van der Waals surface area contributed by atoms with Crippen molar-refractivity contribution in [1.82, 2.24) is 19.9 Å². The van der Waals surface area contributed by atoms with Gasteiger partial charge in [0, 0.05) is 22.2 Å². The average Bonchev–Trinajstić information content (AvgIpc) is 3.21. The average molecular weight is 441 g/mol. The number of halogens is 2. The Balaban J connectivity index is 1.54. The molecule has 144 valence electrons. The van der Waals surface area contributed by atoms with Gasteiger partial charge in [-0.25, -0.2) is 15.0 Å². The Hall–Kier alpha value is -2.61. The molecular formula is C20H14Cl2N6S. The summed E-state index contributed by atoms with van der Waals surface area (Å²) in [5, 5.41) is 4.03. The van der Waals surface area contributed by atoms with Crippen molar-refractivity contribution in [2.45, 2.75) is 11.2 Å². The van der Waals surface area contributed by atoms with Gasteiger partial charge < -0.3 is 9.88 Å². The van der Waals surface area contributed by atoms with Crippen LogP contribution in [-0.2, 0) is 0 Å². The number of H-pyrrole nitrogens is 1. The van der Waals surface area contributed by atoms with Gasteiger partial charge in [0.05, 0.1) is 22.4 Å². The first-order valence-electron chi connectivity index (χ1n) is 8.84. The monoisotopic (exact) mass is 440 g/mol. The first kappa shape index (κ1) is 18.4. The van der Waals surface area contributed by atoms with E-state index in [1.165, 1.54) is 6.33 Å². The summed E-state index contributed by atoms with van der Waals surface area (Å²) in [6.07, 6.45) is 5.03. The minimum atomic E-state index is -0.165. The molecule has 5 rings (SSSR count). The Labute approximate surface area is 180 Å². The van der Waals surface area contributed by atoms with Crippen molar-refractivity contribution in [2.24, 2.45) is 4.99 Å². The molecule has 1 N–H and O–H groups in total. The summed E-state index contributed by atoms with van der Waals surface area (Å²) in [6, 6.07) is 13.4. The third-order valence-electron chi connectivity index (χ3n) is 4.56. The molecule has 1 unspecified atom stereocenters. The number of fused-ring (bicyclic) bond motifs is 2. The Morgan fingerprint density at radius 3 is 2.86 bits per heavy atom. The molecule has 0 spiro atoms. The maximum atomic E-state index is 6.49. The lowest BCUT2D eigenvalue weighted by Crippen LogP contribution is -2.43. The summed E-state index contributed by atoms with van der Waals surface area (Å²) in [4.78, 5) is 22.9. The minimum absolute atomic E-state index is 0.165. The van der Waals surface area contributed by atoms with Gasteiger partial charge in [0.1, 0.15) is 23.0 Å². The first-order valence-corrected chi connectivity index (χ1v) is 10.6. The highest BCUT2D eigenvalue weighted by Crippen LogP contribution is 2.31. The van der Waals surface area contributed by atoms with Gasteiger partial charge in [-0.15, -0.1) is 0 Å². The van der Waals surface area contributed by atoms with Crippen LogP contribution in [0, 0.1) is 0 Å². The molecule has 0 radical (unpaired) electrons. The minimum Gasteiger partial charge on any atom is -0.341 e. The van der Waals surface area contributed by atoms with Gasteiger partial charge in [-0.1, -0.05) is 47.1 Å². The van der Waals surface area contributed by atoms with Crippen LogP contribution in [0.4, 0.5) is 5.69 Å². The normalized spacial score (nSPS) is 15.7. The van der Waals surface area contributed by atoms with Crippen molar-refractivity contribution in [3.63, 3.8) is 0 Å². The summed E-state index contributed by atoms with van der Waals surface area (Å²) in [7, 11) is 0. The molecule has 1 atom stereocenters. The molecule has 0 aliphatic carbocycles. The van der Waals surface area contributed by atoms with Crippen molar-refractivity contribution in [2.75, 3.05) is 10.7 Å². The molecule has 0 bridgehead atoms. The summed E-state index contributed by atoms with van der Waals surface area (Å²) in [6.45, 7) is 0. The fourth-order valence-corrected chi connectivity index (χ4v) is 4.59. The zero-order valence-electron chi connectivity index (χ0n) is 15.0. The van der Waals surface area contributed by atoms with Crippen LogP contribution in [0.15, 0.2) is 65.1 Å². The van der Waals surface area contributed by atoms with Gasteiger partial charge in [0.25, 0.3) is 0 Å². The lowest BCUT2D eigenvalue weighted by molar-refractivity contribution is 0.739. The Morgan fingerprint density at radius 2 is 1.97 bits per heavy atom. The second-order valence-electron chi connectivity index (χ2n) is 6.39. The number of nitrogens with zero attached hydrogens (tertiary/aromatic N) is 5. The van der Waals surface area contributed by atoms with Crippen LogP contribution >= 0.6 is 35.0 Å². The topological polar surface area (TPSA) is 70.1 Å². The maximum Gasteiger partial charge on any atom is 0.181 e. The van der Waals surface area contributed by atoms with E-state index in [4.69, 9.17) is 28.2 Å². The molecule has 29 heavy (non-hydrogen) atoms. The predicted molar refractivity (Wildman–Crippen MR) is 117 cm³/mol. The standard InChI is InChI=1S/C20H14Cl2N6S/c21-13-5-6-15-12(7-13)8-28(16-4-2-1-3-14(16)22)17(27-15)9-29-20-18-19(24-10-23-18)25-11-26-20/h1-8,10-11,17H,9H2,(H,23,24,25,26). The van der Waals surface area contributed by atoms with Crippen LogP contribution in [0.25, 0.3) is 17.4 Å². The Morgan fingerprint density at radius 1 is 1.07 bits per heavy atom. The molecule has 6 nitrogen and oxygen atoms in total. The lowest BCUT2D eigenvalue weighted by Gasteiger charge is -2.30. The SMILES string of the molecule is Clc1ccc2c(c1)=CN(c1ccccc1Cl)C(CSc1ncnc3nc[nH]c13)N=2. The zero-order valence-corrected chi connectivity index (χ0v) is 17.3. The molecule has 2 aromatic heterocycles. The van der Waals surface area contributed by atoms with Crippen molar-refractivity contribution in [1.29, 1.82) is 0 Å². The number of aromatic nitrogens is 4. The van der Waals surface area contributed by atoms with Gasteiger partial charge in [-0.3, -0.25) is 4.99 Å². The molecule has 0 amide bonds. The van der Waals surface area contributed by atoms with Crippen LogP contribution in [0.3, 0.4) is 0 Å². The van der Waals surface area contributed by atoms with Gasteiger partial charge in [-0.2, -0.15) is 0 Å². The molecule has 0 saturated heterocycles. The maximum absolute atomic E-state index is 6.49. The predicted octanol–water partition coefficient (Wildman–Crippen LogP) is 3.66. The molecular weight excluding hydrogens is 427 g/mol. The summed E-state index contributed by atoms with van der Waals surface area (Å²) >= 11 is 14.3. The van der Waals surface area contributed by atoms with E-state index < -0.39 is 0 Å². The van der Waals surface area contributed by atoms with Crippen LogP contribution in [0.1, 0.15) is 0 Å². The summed E-state index contributed by atoms with van der Waals surface area (Å²) < 4.78 is 0.